The smallest absolute Gasteiger partial charge is 0.260 e. The van der Waals surface area contributed by atoms with Crippen LogP contribution in [0.1, 0.15) is 41.3 Å². The Morgan fingerprint density at radius 1 is 1.43 bits per heavy atom. The Morgan fingerprint density at radius 3 is 2.62 bits per heavy atom. The Bertz CT molecular complexity index is 746. The lowest BCUT2D eigenvalue weighted by Gasteiger charge is -2.13. The number of furan rings is 1. The SMILES string of the molecule is Cc1cc(C(C)NS(=O)(=O)c2n[nH]c(C)c2CO)c(C)o1. The molecule has 2 heterocycles. The van der Waals surface area contributed by atoms with Gasteiger partial charge in [-0.3, -0.25) is 5.10 Å². The highest BCUT2D eigenvalue weighted by Gasteiger charge is 2.26. The first-order valence-electron chi connectivity index (χ1n) is 6.50. The minimum Gasteiger partial charge on any atom is -0.466 e. The van der Waals surface area contributed by atoms with Crippen LogP contribution in [-0.4, -0.2) is 23.7 Å². The Labute approximate surface area is 123 Å². The van der Waals surface area contributed by atoms with Crippen molar-refractivity contribution in [2.24, 2.45) is 0 Å². The van der Waals surface area contributed by atoms with Crippen molar-refractivity contribution in [3.05, 3.63) is 34.4 Å². The van der Waals surface area contributed by atoms with Crippen molar-refractivity contribution >= 4 is 10.0 Å². The third-order valence-corrected chi connectivity index (χ3v) is 4.84. The van der Waals surface area contributed by atoms with Gasteiger partial charge in [0, 0.05) is 22.9 Å². The summed E-state index contributed by atoms with van der Waals surface area (Å²) in [6, 6.07) is 1.33. The van der Waals surface area contributed by atoms with Gasteiger partial charge in [-0.25, -0.2) is 13.1 Å². The molecule has 0 aliphatic rings. The first-order chi connectivity index (χ1) is 9.76. The summed E-state index contributed by atoms with van der Waals surface area (Å²) in [7, 11) is -3.83. The molecule has 3 N–H and O–H groups in total. The van der Waals surface area contributed by atoms with E-state index in [4.69, 9.17) is 4.42 Å². The van der Waals surface area contributed by atoms with Crippen molar-refractivity contribution in [1.29, 1.82) is 0 Å². The van der Waals surface area contributed by atoms with E-state index in [1.54, 1.807) is 33.8 Å². The van der Waals surface area contributed by atoms with Crippen molar-refractivity contribution in [1.82, 2.24) is 14.9 Å². The zero-order valence-corrected chi connectivity index (χ0v) is 13.2. The highest BCUT2D eigenvalue weighted by molar-refractivity contribution is 7.89. The lowest BCUT2D eigenvalue weighted by atomic mass is 10.1. The first kappa shape index (κ1) is 15.7. The number of H-pyrrole nitrogens is 1. The molecule has 0 saturated heterocycles. The van der Waals surface area contributed by atoms with Crippen molar-refractivity contribution in [3.8, 4) is 0 Å². The second-order valence-corrected chi connectivity index (χ2v) is 6.63. The van der Waals surface area contributed by atoms with Gasteiger partial charge in [-0.2, -0.15) is 5.10 Å². The molecule has 0 saturated carbocycles. The molecule has 0 bridgehead atoms. The van der Waals surface area contributed by atoms with Crippen LogP contribution in [0.2, 0.25) is 0 Å². The molecule has 116 valence electrons. The number of hydrogen-bond acceptors (Lipinski definition) is 5. The molecule has 21 heavy (non-hydrogen) atoms. The number of nitrogens with zero attached hydrogens (tertiary/aromatic N) is 1. The van der Waals surface area contributed by atoms with Gasteiger partial charge in [0.2, 0.25) is 0 Å². The molecule has 0 amide bonds. The van der Waals surface area contributed by atoms with Crippen LogP contribution in [0.4, 0.5) is 0 Å². The van der Waals surface area contributed by atoms with Gasteiger partial charge in [-0.05, 0) is 33.8 Å². The molecule has 2 rings (SSSR count). The molecule has 0 radical (unpaired) electrons. The lowest BCUT2D eigenvalue weighted by molar-refractivity contribution is 0.277. The van der Waals surface area contributed by atoms with Gasteiger partial charge < -0.3 is 9.52 Å². The molecule has 0 aromatic carbocycles. The minimum absolute atomic E-state index is 0.174. The summed E-state index contributed by atoms with van der Waals surface area (Å²) >= 11 is 0. The van der Waals surface area contributed by atoms with Crippen molar-refractivity contribution in [3.63, 3.8) is 0 Å². The van der Waals surface area contributed by atoms with Crippen LogP contribution in [0.15, 0.2) is 15.5 Å². The number of aromatic nitrogens is 2. The number of aliphatic hydroxyl groups is 1. The van der Waals surface area contributed by atoms with Crippen LogP contribution in [0.5, 0.6) is 0 Å². The van der Waals surface area contributed by atoms with E-state index >= 15 is 0 Å². The number of sulfonamides is 1. The van der Waals surface area contributed by atoms with E-state index in [0.717, 1.165) is 11.3 Å². The Balaban J connectivity index is 2.31. The van der Waals surface area contributed by atoms with Gasteiger partial charge in [0.1, 0.15) is 11.5 Å². The highest BCUT2D eigenvalue weighted by atomic mass is 32.2. The van der Waals surface area contributed by atoms with E-state index in [-0.39, 0.29) is 10.6 Å². The topological polar surface area (TPSA) is 108 Å². The summed E-state index contributed by atoms with van der Waals surface area (Å²) in [5, 5.41) is 15.5. The standard InChI is InChI=1S/C13H19N3O4S/c1-7-5-11(10(4)20-7)9(3)16-21(18,19)13-12(6-17)8(2)14-15-13/h5,9,16-17H,6H2,1-4H3,(H,14,15). The molecule has 8 heteroatoms. The third-order valence-electron chi connectivity index (χ3n) is 3.33. The molecule has 1 unspecified atom stereocenters. The zero-order chi connectivity index (χ0) is 15.8. The van der Waals surface area contributed by atoms with Gasteiger partial charge in [0.25, 0.3) is 10.0 Å². The Kier molecular flexibility index (Phi) is 4.22. The van der Waals surface area contributed by atoms with Crippen molar-refractivity contribution in [2.75, 3.05) is 0 Å². The summed E-state index contributed by atoms with van der Waals surface area (Å²) in [6.45, 7) is 6.58. The van der Waals surface area contributed by atoms with Gasteiger partial charge >= 0.3 is 0 Å². The van der Waals surface area contributed by atoms with Crippen molar-refractivity contribution < 1.29 is 17.9 Å². The van der Waals surface area contributed by atoms with Crippen LogP contribution >= 0.6 is 0 Å². The van der Waals surface area contributed by atoms with Gasteiger partial charge in [-0.1, -0.05) is 0 Å². The van der Waals surface area contributed by atoms with Crippen molar-refractivity contribution in [2.45, 2.75) is 45.4 Å². The van der Waals surface area contributed by atoms with E-state index in [0.29, 0.717) is 11.5 Å². The fourth-order valence-corrected chi connectivity index (χ4v) is 3.68. The van der Waals surface area contributed by atoms with Crippen LogP contribution < -0.4 is 4.72 Å². The fraction of sp³-hybridized carbons (Fsp3) is 0.462. The van der Waals surface area contributed by atoms with E-state index in [1.165, 1.54) is 0 Å². The molecule has 2 aromatic heterocycles. The predicted octanol–water partition coefficient (Wildman–Crippen LogP) is 1.46. The average molecular weight is 313 g/mol. The molecule has 0 aliphatic carbocycles. The number of nitrogens with one attached hydrogen (secondary N) is 2. The Hall–Kier alpha value is -1.64. The summed E-state index contributed by atoms with van der Waals surface area (Å²) < 4.78 is 32.7. The summed E-state index contributed by atoms with van der Waals surface area (Å²) in [4.78, 5) is 0. The molecular formula is C13H19N3O4S. The quantitative estimate of drug-likeness (QED) is 0.774. The number of rotatable bonds is 5. The zero-order valence-electron chi connectivity index (χ0n) is 12.4. The molecule has 0 aliphatic heterocycles. The monoisotopic (exact) mass is 313 g/mol. The highest BCUT2D eigenvalue weighted by Crippen LogP contribution is 2.24. The number of aromatic amines is 1. The second-order valence-electron chi connectivity index (χ2n) is 5.00. The van der Waals surface area contributed by atoms with E-state index in [9.17, 15) is 13.5 Å². The molecule has 1 atom stereocenters. The summed E-state index contributed by atoms with van der Waals surface area (Å²) in [6.07, 6.45) is 0. The molecule has 0 fully saturated rings. The van der Waals surface area contributed by atoms with Crippen LogP contribution in [0.3, 0.4) is 0 Å². The largest absolute Gasteiger partial charge is 0.466 e. The van der Waals surface area contributed by atoms with Crippen LogP contribution in [-0.2, 0) is 16.6 Å². The lowest BCUT2D eigenvalue weighted by Crippen LogP contribution is -2.28. The van der Waals surface area contributed by atoms with E-state index in [1.807, 2.05) is 0 Å². The Morgan fingerprint density at radius 2 is 2.10 bits per heavy atom. The molecular weight excluding hydrogens is 294 g/mol. The fourth-order valence-electron chi connectivity index (χ4n) is 2.27. The number of hydrogen-bond donors (Lipinski definition) is 3. The maximum absolute atomic E-state index is 12.4. The number of aliphatic hydroxyl groups excluding tert-OH is 1. The maximum atomic E-state index is 12.4. The van der Waals surface area contributed by atoms with Gasteiger partial charge in [-0.15, -0.1) is 0 Å². The first-order valence-corrected chi connectivity index (χ1v) is 7.98. The average Bonchev–Trinajstić information content (AvgIpc) is 2.91. The maximum Gasteiger partial charge on any atom is 0.260 e. The van der Waals surface area contributed by atoms with E-state index in [2.05, 4.69) is 14.9 Å². The summed E-state index contributed by atoms with van der Waals surface area (Å²) in [5.74, 6) is 1.39. The van der Waals surface area contributed by atoms with Gasteiger partial charge in [0.15, 0.2) is 5.03 Å². The molecule has 7 nitrogen and oxygen atoms in total. The van der Waals surface area contributed by atoms with Gasteiger partial charge in [0.05, 0.1) is 6.61 Å². The van der Waals surface area contributed by atoms with E-state index < -0.39 is 22.7 Å². The normalized spacial score (nSPS) is 13.6. The second kappa shape index (κ2) is 5.63. The number of aryl methyl sites for hydroxylation is 3. The third kappa shape index (κ3) is 3.02. The predicted molar refractivity (Wildman–Crippen MR) is 76.2 cm³/mol. The molecule has 2 aromatic rings. The van der Waals surface area contributed by atoms with Crippen LogP contribution in [0.25, 0.3) is 0 Å². The van der Waals surface area contributed by atoms with Crippen LogP contribution in [0, 0.1) is 20.8 Å². The molecule has 0 spiro atoms. The minimum atomic E-state index is -3.83. The summed E-state index contributed by atoms with van der Waals surface area (Å²) in [5.41, 5.74) is 1.57.